The first kappa shape index (κ1) is 23.0. The number of hydrogen-bond donors (Lipinski definition) is 3. The largest absolute Gasteiger partial charge is 0.399 e. The quantitative estimate of drug-likeness (QED) is 0.294. The van der Waals surface area contributed by atoms with Gasteiger partial charge in [-0.1, -0.05) is 12.5 Å². The molecule has 2 aromatic rings. The van der Waals surface area contributed by atoms with Gasteiger partial charge in [-0.2, -0.15) is 0 Å². The van der Waals surface area contributed by atoms with Crippen LogP contribution in [0.4, 0.5) is 8.78 Å². The summed E-state index contributed by atoms with van der Waals surface area (Å²) in [6, 6.07) is 10.1. The first-order valence-corrected chi connectivity index (χ1v) is 12.1. The zero-order chi connectivity index (χ0) is 21.4. The van der Waals surface area contributed by atoms with E-state index in [0.29, 0.717) is 12.5 Å². The van der Waals surface area contributed by atoms with Crippen molar-refractivity contribution in [1.29, 1.82) is 0 Å². The van der Waals surface area contributed by atoms with Gasteiger partial charge in [-0.3, -0.25) is 9.59 Å². The molecular formula is C21H24F2O5Si. The Hall–Kier alpha value is -2.26. The SMILES string of the molecule is O=C(c1ccc(F)cc1)C(CCC[Si](CO)(CO)CO)C(=O)c1ccc(F)cc1. The third kappa shape index (κ3) is 5.86. The summed E-state index contributed by atoms with van der Waals surface area (Å²) >= 11 is 0. The van der Waals surface area contributed by atoms with Crippen LogP contribution in [0.2, 0.25) is 6.04 Å². The van der Waals surface area contributed by atoms with Crippen molar-refractivity contribution in [2.24, 2.45) is 5.92 Å². The van der Waals surface area contributed by atoms with E-state index in [1.807, 2.05) is 0 Å². The summed E-state index contributed by atoms with van der Waals surface area (Å²) in [6.45, 7) is 0. The molecule has 0 bridgehead atoms. The fourth-order valence-electron chi connectivity index (χ4n) is 3.08. The predicted octanol–water partition coefficient (Wildman–Crippen LogP) is 2.47. The van der Waals surface area contributed by atoms with Crippen LogP contribution in [0.5, 0.6) is 0 Å². The van der Waals surface area contributed by atoms with Crippen LogP contribution < -0.4 is 0 Å². The molecule has 0 fully saturated rings. The van der Waals surface area contributed by atoms with Crippen molar-refractivity contribution < 1.29 is 33.7 Å². The first-order valence-electron chi connectivity index (χ1n) is 9.28. The van der Waals surface area contributed by atoms with E-state index in [1.165, 1.54) is 24.3 Å². The number of hydrogen-bond acceptors (Lipinski definition) is 5. The van der Waals surface area contributed by atoms with E-state index in [1.54, 1.807) is 0 Å². The minimum absolute atomic E-state index is 0.126. The number of ketones is 2. The molecule has 0 atom stereocenters. The molecule has 0 aromatic heterocycles. The topological polar surface area (TPSA) is 94.8 Å². The minimum atomic E-state index is -2.68. The maximum Gasteiger partial charge on any atom is 0.173 e. The summed E-state index contributed by atoms with van der Waals surface area (Å²) in [6.07, 6.45) is -0.451. The Morgan fingerprint density at radius 1 is 0.759 bits per heavy atom. The molecule has 156 valence electrons. The third-order valence-corrected chi connectivity index (χ3v) is 8.52. The highest BCUT2D eigenvalue weighted by Gasteiger charge is 2.33. The van der Waals surface area contributed by atoms with Gasteiger partial charge in [-0.15, -0.1) is 0 Å². The molecule has 0 aliphatic carbocycles. The second kappa shape index (κ2) is 10.5. The Labute approximate surface area is 168 Å². The van der Waals surface area contributed by atoms with Crippen molar-refractivity contribution in [2.45, 2.75) is 18.9 Å². The lowest BCUT2D eigenvalue weighted by molar-refractivity contribution is 0.0798. The van der Waals surface area contributed by atoms with Crippen LogP contribution in [0.15, 0.2) is 48.5 Å². The molecular weight excluding hydrogens is 398 g/mol. The zero-order valence-electron chi connectivity index (χ0n) is 15.9. The normalized spacial score (nSPS) is 11.7. The van der Waals surface area contributed by atoms with Crippen LogP contribution in [0.3, 0.4) is 0 Å². The molecule has 0 aliphatic rings. The van der Waals surface area contributed by atoms with Crippen molar-refractivity contribution in [3.8, 4) is 0 Å². The van der Waals surface area contributed by atoms with E-state index < -0.39 is 37.2 Å². The minimum Gasteiger partial charge on any atom is -0.399 e. The summed E-state index contributed by atoms with van der Waals surface area (Å²) in [5.41, 5.74) is 0.365. The van der Waals surface area contributed by atoms with E-state index in [0.717, 1.165) is 24.3 Å². The van der Waals surface area contributed by atoms with Crippen molar-refractivity contribution >= 4 is 19.6 Å². The molecule has 2 rings (SSSR count). The van der Waals surface area contributed by atoms with Crippen LogP contribution in [0, 0.1) is 17.6 Å². The lowest BCUT2D eigenvalue weighted by atomic mass is 9.87. The molecule has 8 heteroatoms. The van der Waals surface area contributed by atoms with Crippen LogP contribution in [-0.2, 0) is 0 Å². The Balaban J connectivity index is 2.24. The Kier molecular flexibility index (Phi) is 8.33. The van der Waals surface area contributed by atoms with Gasteiger partial charge >= 0.3 is 0 Å². The molecule has 0 saturated carbocycles. The van der Waals surface area contributed by atoms with Crippen molar-refractivity contribution in [2.75, 3.05) is 18.7 Å². The second-order valence-corrected chi connectivity index (χ2v) is 11.6. The van der Waals surface area contributed by atoms with E-state index in [2.05, 4.69) is 0 Å². The summed E-state index contributed by atoms with van der Waals surface area (Å²) in [4.78, 5) is 25.9. The van der Waals surface area contributed by atoms with Gasteiger partial charge in [0.25, 0.3) is 0 Å². The summed E-state index contributed by atoms with van der Waals surface area (Å²) in [5.74, 6) is -3.05. The van der Waals surface area contributed by atoms with E-state index >= 15 is 0 Å². The monoisotopic (exact) mass is 422 g/mol. The fourth-order valence-corrected chi connectivity index (χ4v) is 4.81. The van der Waals surface area contributed by atoms with Crippen LogP contribution in [-0.4, -0.2) is 53.7 Å². The van der Waals surface area contributed by atoms with E-state index in [-0.39, 0.29) is 36.2 Å². The van der Waals surface area contributed by atoms with Crippen LogP contribution in [0.25, 0.3) is 0 Å². The van der Waals surface area contributed by atoms with E-state index in [4.69, 9.17) is 0 Å². The number of aliphatic hydroxyl groups is 3. The van der Waals surface area contributed by atoms with Gasteiger partial charge in [0, 0.05) is 29.8 Å². The van der Waals surface area contributed by atoms with Crippen LogP contribution in [0.1, 0.15) is 33.6 Å². The molecule has 0 heterocycles. The molecule has 0 aliphatic heterocycles. The molecule has 0 amide bonds. The van der Waals surface area contributed by atoms with Gasteiger partial charge in [0.2, 0.25) is 0 Å². The van der Waals surface area contributed by atoms with Gasteiger partial charge in [0.05, 0.1) is 5.92 Å². The Bertz CT molecular complexity index is 754. The standard InChI is InChI=1S/C21H24F2O5Si/c22-17-7-3-15(4-8-17)20(27)19(2-1-11-29(12-24,13-25)14-26)21(28)16-5-9-18(23)10-6-16/h3-10,19,24-26H,1-2,11-14H2. The number of benzene rings is 2. The highest BCUT2D eigenvalue weighted by atomic mass is 28.3. The molecule has 0 unspecified atom stereocenters. The van der Waals surface area contributed by atoms with Crippen molar-refractivity contribution in [1.82, 2.24) is 0 Å². The Morgan fingerprint density at radius 2 is 1.14 bits per heavy atom. The number of Topliss-reactive ketones (excluding diaryl/α,β-unsaturated/α-hetero) is 2. The molecule has 3 N–H and O–H groups in total. The smallest absolute Gasteiger partial charge is 0.173 e. The van der Waals surface area contributed by atoms with Gasteiger partial charge in [-0.25, -0.2) is 8.78 Å². The molecule has 0 radical (unpaired) electrons. The van der Waals surface area contributed by atoms with Gasteiger partial charge in [0.15, 0.2) is 11.6 Å². The number of aliphatic hydroxyl groups excluding tert-OH is 3. The molecule has 5 nitrogen and oxygen atoms in total. The highest BCUT2D eigenvalue weighted by molar-refractivity contribution is 6.79. The third-order valence-electron chi connectivity index (χ3n) is 5.10. The van der Waals surface area contributed by atoms with Gasteiger partial charge < -0.3 is 15.3 Å². The molecule has 0 spiro atoms. The second-order valence-electron chi connectivity index (χ2n) is 7.16. The van der Waals surface area contributed by atoms with Crippen molar-refractivity contribution in [3.63, 3.8) is 0 Å². The van der Waals surface area contributed by atoms with E-state index in [9.17, 15) is 33.7 Å². The summed E-state index contributed by atoms with van der Waals surface area (Å²) < 4.78 is 26.4. The highest BCUT2D eigenvalue weighted by Crippen LogP contribution is 2.23. The molecule has 2 aromatic carbocycles. The maximum atomic E-state index is 13.2. The lowest BCUT2D eigenvalue weighted by Gasteiger charge is -2.25. The average Bonchev–Trinajstić information content (AvgIpc) is 2.75. The summed E-state index contributed by atoms with van der Waals surface area (Å²) in [5, 5.41) is 28.5. The van der Waals surface area contributed by atoms with Gasteiger partial charge in [-0.05, 0) is 55.0 Å². The lowest BCUT2D eigenvalue weighted by Crippen LogP contribution is -2.48. The number of carbonyl (C=O) groups is 2. The molecule has 0 saturated heterocycles. The molecule has 29 heavy (non-hydrogen) atoms. The zero-order valence-corrected chi connectivity index (χ0v) is 16.9. The maximum absolute atomic E-state index is 13.2. The van der Waals surface area contributed by atoms with Gasteiger partial charge in [0.1, 0.15) is 19.7 Å². The summed E-state index contributed by atoms with van der Waals surface area (Å²) in [7, 11) is -2.68. The number of halogens is 2. The number of rotatable bonds is 11. The first-order chi connectivity index (χ1) is 13.9. The fraction of sp³-hybridized carbons (Fsp3) is 0.333. The Morgan fingerprint density at radius 3 is 1.48 bits per heavy atom. The van der Waals surface area contributed by atoms with Crippen molar-refractivity contribution in [3.05, 3.63) is 71.3 Å². The van der Waals surface area contributed by atoms with Crippen LogP contribution >= 0.6 is 0 Å². The predicted molar refractivity (Wildman–Crippen MR) is 106 cm³/mol. The average molecular weight is 423 g/mol. The number of carbonyl (C=O) groups excluding carboxylic acids is 2.